The minimum Gasteiger partial charge on any atom is -0.497 e. The highest BCUT2D eigenvalue weighted by Crippen LogP contribution is 2.39. The maximum absolute atomic E-state index is 12.5. The van der Waals surface area contributed by atoms with Crippen molar-refractivity contribution in [3.8, 4) is 16.6 Å². The van der Waals surface area contributed by atoms with Crippen LogP contribution in [0.15, 0.2) is 61.3 Å². The minimum atomic E-state index is -0.0829. The van der Waals surface area contributed by atoms with Crippen LogP contribution in [0.2, 0.25) is 0 Å². The van der Waals surface area contributed by atoms with Gasteiger partial charge < -0.3 is 14.8 Å². The molecule has 3 heterocycles. The number of nitrogens with zero attached hydrogens (tertiary/aromatic N) is 3. The van der Waals surface area contributed by atoms with Gasteiger partial charge in [-0.2, -0.15) is 9.78 Å². The summed E-state index contributed by atoms with van der Waals surface area (Å²) in [6, 6.07) is 13.6. The highest BCUT2D eigenvalue weighted by Gasteiger charge is 2.31. The summed E-state index contributed by atoms with van der Waals surface area (Å²) in [4.78, 5) is 17.2. The second-order valence-electron chi connectivity index (χ2n) is 7.16. The molecule has 2 aromatic heterocycles. The Hall–Kier alpha value is -3.65. The summed E-state index contributed by atoms with van der Waals surface area (Å²) in [5.74, 6) is 2.08. The average molecular weight is 433 g/mol. The second kappa shape index (κ2) is 7.88. The van der Waals surface area contributed by atoms with Gasteiger partial charge in [-0.25, -0.2) is 4.98 Å². The third kappa shape index (κ3) is 3.55. The highest BCUT2D eigenvalue weighted by molar-refractivity contribution is 7.20. The van der Waals surface area contributed by atoms with E-state index in [1.54, 1.807) is 17.9 Å². The number of carbonyl (C=O) groups excluding carboxylic acids is 1. The van der Waals surface area contributed by atoms with E-state index in [9.17, 15) is 4.79 Å². The monoisotopic (exact) mass is 432 g/mol. The number of aromatic nitrogens is 3. The summed E-state index contributed by atoms with van der Waals surface area (Å²) < 4.78 is 13.6. The Bertz CT molecular complexity index is 1280. The van der Waals surface area contributed by atoms with Crippen molar-refractivity contribution in [2.75, 3.05) is 19.0 Å². The Morgan fingerprint density at radius 2 is 2.06 bits per heavy atom. The predicted molar refractivity (Wildman–Crippen MR) is 121 cm³/mol. The number of hydrogen-bond acceptors (Lipinski definition) is 6. The van der Waals surface area contributed by atoms with Crippen LogP contribution in [-0.2, 0) is 4.79 Å². The lowest BCUT2D eigenvalue weighted by molar-refractivity contribution is -0.116. The maximum atomic E-state index is 12.5. The molecule has 1 aliphatic rings. The van der Waals surface area contributed by atoms with Crippen LogP contribution in [0.4, 0.5) is 5.82 Å². The maximum Gasteiger partial charge on any atom is 0.226 e. The van der Waals surface area contributed by atoms with Gasteiger partial charge in [0.1, 0.15) is 23.9 Å². The first kappa shape index (κ1) is 19.3. The number of rotatable bonds is 6. The molecule has 1 aliphatic heterocycles. The molecule has 1 N–H and O–H groups in total. The van der Waals surface area contributed by atoms with E-state index < -0.39 is 0 Å². The number of benzene rings is 2. The van der Waals surface area contributed by atoms with Gasteiger partial charge in [0.2, 0.25) is 11.0 Å². The molecule has 156 valence electrons. The summed E-state index contributed by atoms with van der Waals surface area (Å²) >= 11 is 1.50. The van der Waals surface area contributed by atoms with E-state index in [0.29, 0.717) is 24.0 Å². The molecular formula is C23H20N4O3S. The first-order valence-corrected chi connectivity index (χ1v) is 10.6. The van der Waals surface area contributed by atoms with E-state index in [1.807, 2.05) is 48.7 Å². The van der Waals surface area contributed by atoms with Crippen molar-refractivity contribution < 1.29 is 14.3 Å². The standard InChI is InChI=1S/C23H20N4O3S/c1-3-10-30-15-6-4-14(5-7-15)17-12-21(28)26-22-18(17)13-24-27(22)23-25-19-9-8-16(29-2)11-20(19)31-23/h3-9,11,13,17H,1,10,12H2,2H3,(H,26,28)/t17-/m1/s1. The number of thiazole rings is 1. The van der Waals surface area contributed by atoms with Crippen molar-refractivity contribution in [1.82, 2.24) is 14.8 Å². The fourth-order valence-electron chi connectivity index (χ4n) is 3.72. The molecule has 31 heavy (non-hydrogen) atoms. The van der Waals surface area contributed by atoms with Crippen molar-refractivity contribution in [3.05, 3.63) is 72.4 Å². The second-order valence-corrected chi connectivity index (χ2v) is 8.17. The highest BCUT2D eigenvalue weighted by atomic mass is 32.1. The van der Waals surface area contributed by atoms with Crippen LogP contribution in [0.1, 0.15) is 23.5 Å². The van der Waals surface area contributed by atoms with Gasteiger partial charge in [0.05, 0.1) is 23.5 Å². The fraction of sp³-hybridized carbons (Fsp3) is 0.174. The van der Waals surface area contributed by atoms with Gasteiger partial charge in [-0.05, 0) is 35.9 Å². The van der Waals surface area contributed by atoms with E-state index in [0.717, 1.165) is 32.8 Å². The smallest absolute Gasteiger partial charge is 0.226 e. The number of hydrogen-bond donors (Lipinski definition) is 1. The molecule has 4 aromatic rings. The molecule has 0 aliphatic carbocycles. The topological polar surface area (TPSA) is 78.3 Å². The quantitative estimate of drug-likeness (QED) is 0.453. The van der Waals surface area contributed by atoms with Gasteiger partial charge in [0, 0.05) is 17.9 Å². The van der Waals surface area contributed by atoms with Crippen molar-refractivity contribution in [2.24, 2.45) is 0 Å². The summed E-state index contributed by atoms with van der Waals surface area (Å²) in [6.07, 6.45) is 3.88. The number of amides is 1. The van der Waals surface area contributed by atoms with Crippen molar-refractivity contribution in [1.29, 1.82) is 0 Å². The minimum absolute atomic E-state index is 0.0472. The molecule has 7 nitrogen and oxygen atoms in total. The first-order chi connectivity index (χ1) is 15.2. The van der Waals surface area contributed by atoms with Crippen LogP contribution in [0, 0.1) is 0 Å². The molecule has 1 amide bonds. The van der Waals surface area contributed by atoms with Crippen LogP contribution < -0.4 is 14.8 Å². The zero-order valence-electron chi connectivity index (χ0n) is 16.9. The molecular weight excluding hydrogens is 412 g/mol. The van der Waals surface area contributed by atoms with Crippen molar-refractivity contribution >= 4 is 33.3 Å². The molecule has 5 rings (SSSR count). The molecule has 0 unspecified atom stereocenters. The summed E-state index contributed by atoms with van der Waals surface area (Å²) in [5, 5.41) is 8.23. The van der Waals surface area contributed by atoms with E-state index >= 15 is 0 Å². The lowest BCUT2D eigenvalue weighted by atomic mass is 9.87. The zero-order chi connectivity index (χ0) is 21.4. The molecule has 0 saturated heterocycles. The molecule has 8 heteroatoms. The van der Waals surface area contributed by atoms with Crippen molar-refractivity contribution in [3.63, 3.8) is 0 Å². The number of nitrogens with one attached hydrogen (secondary N) is 1. The Balaban J connectivity index is 1.51. The van der Waals surface area contributed by atoms with E-state index in [2.05, 4.69) is 22.0 Å². The third-order valence-electron chi connectivity index (χ3n) is 5.24. The van der Waals surface area contributed by atoms with E-state index in [4.69, 9.17) is 9.47 Å². The first-order valence-electron chi connectivity index (χ1n) is 9.82. The Morgan fingerprint density at radius 1 is 1.26 bits per heavy atom. The summed E-state index contributed by atoms with van der Waals surface area (Å²) in [5.41, 5.74) is 2.87. The van der Waals surface area contributed by atoms with Gasteiger partial charge in [0.25, 0.3) is 0 Å². The average Bonchev–Trinajstić information content (AvgIpc) is 3.40. The summed E-state index contributed by atoms with van der Waals surface area (Å²) in [7, 11) is 1.64. The molecule has 0 fully saturated rings. The Morgan fingerprint density at radius 3 is 2.84 bits per heavy atom. The molecule has 0 bridgehead atoms. The predicted octanol–water partition coefficient (Wildman–Crippen LogP) is 4.53. The molecule has 0 spiro atoms. The van der Waals surface area contributed by atoms with Gasteiger partial charge in [0.15, 0.2) is 0 Å². The molecule has 0 saturated carbocycles. The number of carbonyl (C=O) groups is 1. The Labute approximate surface area is 182 Å². The van der Waals surface area contributed by atoms with Crippen LogP contribution in [0.5, 0.6) is 11.5 Å². The molecule has 1 atom stereocenters. The lowest BCUT2D eigenvalue weighted by Gasteiger charge is -2.23. The SMILES string of the molecule is C=CCOc1ccc([C@H]2CC(=O)Nc3c2cnn3-c2nc3ccc(OC)cc3s2)cc1. The zero-order valence-corrected chi connectivity index (χ0v) is 17.7. The van der Waals surface area contributed by atoms with Gasteiger partial charge in [-0.15, -0.1) is 0 Å². The van der Waals surface area contributed by atoms with E-state index in [-0.39, 0.29) is 11.8 Å². The van der Waals surface area contributed by atoms with Crippen LogP contribution >= 0.6 is 11.3 Å². The summed E-state index contributed by atoms with van der Waals surface area (Å²) in [6.45, 7) is 4.12. The molecule has 0 radical (unpaired) electrons. The van der Waals surface area contributed by atoms with Gasteiger partial charge in [-0.1, -0.05) is 36.1 Å². The van der Waals surface area contributed by atoms with E-state index in [1.165, 1.54) is 11.3 Å². The fourth-order valence-corrected chi connectivity index (χ4v) is 4.68. The number of anilines is 1. The third-order valence-corrected chi connectivity index (χ3v) is 6.23. The molecule has 2 aromatic carbocycles. The van der Waals surface area contributed by atoms with Crippen LogP contribution in [0.25, 0.3) is 15.3 Å². The normalized spacial score (nSPS) is 15.4. The van der Waals surface area contributed by atoms with Gasteiger partial charge >= 0.3 is 0 Å². The number of ether oxygens (including phenoxy) is 2. The Kier molecular flexibility index (Phi) is 4.91. The van der Waals surface area contributed by atoms with Gasteiger partial charge in [-0.3, -0.25) is 4.79 Å². The van der Waals surface area contributed by atoms with Crippen LogP contribution in [-0.4, -0.2) is 34.4 Å². The lowest BCUT2D eigenvalue weighted by Crippen LogP contribution is -2.24. The largest absolute Gasteiger partial charge is 0.497 e. The van der Waals surface area contributed by atoms with Crippen molar-refractivity contribution in [2.45, 2.75) is 12.3 Å². The number of methoxy groups -OCH3 is 1. The van der Waals surface area contributed by atoms with Crippen LogP contribution in [0.3, 0.4) is 0 Å². The number of fused-ring (bicyclic) bond motifs is 2.